The molecule has 5 heteroatoms. The fourth-order valence-electron chi connectivity index (χ4n) is 2.90. The molecule has 25 heavy (non-hydrogen) atoms. The monoisotopic (exact) mass is 338 g/mol. The van der Waals surface area contributed by atoms with Crippen molar-refractivity contribution in [3.8, 4) is 5.75 Å². The van der Waals surface area contributed by atoms with Crippen LogP contribution in [0.1, 0.15) is 29.0 Å². The van der Waals surface area contributed by atoms with Gasteiger partial charge in [0.25, 0.3) is 0 Å². The number of carbonyl (C=O) groups is 1. The van der Waals surface area contributed by atoms with E-state index in [4.69, 9.17) is 9.26 Å². The third kappa shape index (κ3) is 3.99. The predicted octanol–water partition coefficient (Wildman–Crippen LogP) is 3.70. The van der Waals surface area contributed by atoms with Crippen molar-refractivity contribution in [1.29, 1.82) is 0 Å². The van der Waals surface area contributed by atoms with Gasteiger partial charge in [-0.15, -0.1) is 0 Å². The van der Waals surface area contributed by atoms with E-state index in [0.29, 0.717) is 19.4 Å². The van der Waals surface area contributed by atoms with Gasteiger partial charge < -0.3 is 14.6 Å². The van der Waals surface area contributed by atoms with Gasteiger partial charge in [0.1, 0.15) is 11.5 Å². The van der Waals surface area contributed by atoms with E-state index >= 15 is 0 Å². The number of benzene rings is 2. The molecule has 1 aromatic heterocycles. The van der Waals surface area contributed by atoms with Gasteiger partial charge in [0.15, 0.2) is 0 Å². The van der Waals surface area contributed by atoms with Crippen LogP contribution in [0.4, 0.5) is 0 Å². The highest BCUT2D eigenvalue weighted by atomic mass is 16.5. The lowest BCUT2D eigenvalue weighted by molar-refractivity contribution is -0.121. The van der Waals surface area contributed by atoms with E-state index in [0.717, 1.165) is 39.1 Å². The number of ether oxygens (including phenoxy) is 1. The summed E-state index contributed by atoms with van der Waals surface area (Å²) >= 11 is 0. The summed E-state index contributed by atoms with van der Waals surface area (Å²) in [7, 11) is 1.66. The van der Waals surface area contributed by atoms with Crippen LogP contribution < -0.4 is 10.1 Å². The molecule has 1 amide bonds. The molecule has 0 saturated heterocycles. The van der Waals surface area contributed by atoms with Crippen molar-refractivity contribution in [3.63, 3.8) is 0 Å². The number of nitrogens with one attached hydrogen (secondary N) is 1. The largest absolute Gasteiger partial charge is 0.497 e. The molecule has 0 bridgehead atoms. The molecule has 2 aromatic carbocycles. The van der Waals surface area contributed by atoms with Crippen molar-refractivity contribution in [2.24, 2.45) is 0 Å². The molecule has 0 aliphatic heterocycles. The molecular formula is C20H22N2O3. The summed E-state index contributed by atoms with van der Waals surface area (Å²) < 4.78 is 10.4. The van der Waals surface area contributed by atoms with Crippen molar-refractivity contribution >= 4 is 16.7 Å². The molecule has 5 nitrogen and oxygen atoms in total. The van der Waals surface area contributed by atoms with Gasteiger partial charge in [-0.05, 0) is 54.8 Å². The smallest absolute Gasteiger partial charge is 0.220 e. The summed E-state index contributed by atoms with van der Waals surface area (Å²) in [6.45, 7) is 4.29. The molecular weight excluding hydrogens is 316 g/mol. The first-order chi connectivity index (χ1) is 12.1. The van der Waals surface area contributed by atoms with Gasteiger partial charge in [-0.1, -0.05) is 23.4 Å². The Balaban J connectivity index is 1.57. The van der Waals surface area contributed by atoms with Crippen LogP contribution in [-0.2, 0) is 17.8 Å². The molecule has 3 rings (SSSR count). The van der Waals surface area contributed by atoms with Gasteiger partial charge in [-0.25, -0.2) is 0 Å². The molecule has 0 radical (unpaired) electrons. The van der Waals surface area contributed by atoms with Crippen LogP contribution in [0, 0.1) is 13.8 Å². The van der Waals surface area contributed by atoms with Crippen molar-refractivity contribution < 1.29 is 14.1 Å². The Kier molecular flexibility index (Phi) is 5.03. The lowest BCUT2D eigenvalue weighted by Crippen LogP contribution is -2.23. The second-order valence-corrected chi connectivity index (χ2v) is 6.13. The van der Waals surface area contributed by atoms with Gasteiger partial charge in [0.2, 0.25) is 5.91 Å². The number of carbonyl (C=O) groups excluding carboxylic acids is 1. The topological polar surface area (TPSA) is 64.4 Å². The molecule has 130 valence electrons. The van der Waals surface area contributed by atoms with Crippen molar-refractivity contribution in [1.82, 2.24) is 10.5 Å². The number of amides is 1. The Morgan fingerprint density at radius 2 is 1.92 bits per heavy atom. The minimum Gasteiger partial charge on any atom is -0.497 e. The molecule has 0 saturated carbocycles. The summed E-state index contributed by atoms with van der Waals surface area (Å²) in [5, 5.41) is 9.13. The zero-order chi connectivity index (χ0) is 17.8. The van der Waals surface area contributed by atoms with Gasteiger partial charge in [-0.3, -0.25) is 4.79 Å². The number of aromatic nitrogens is 1. The first-order valence-corrected chi connectivity index (χ1v) is 8.32. The van der Waals surface area contributed by atoms with Crippen molar-refractivity contribution in [3.05, 3.63) is 59.0 Å². The van der Waals surface area contributed by atoms with Crippen LogP contribution in [0.2, 0.25) is 0 Å². The van der Waals surface area contributed by atoms with E-state index in [1.807, 2.05) is 44.2 Å². The fraction of sp³-hybridized carbons (Fsp3) is 0.300. The van der Waals surface area contributed by atoms with Crippen LogP contribution in [0.15, 0.2) is 40.9 Å². The number of methoxy groups -OCH3 is 1. The number of fused-ring (bicyclic) bond motifs is 1. The third-order valence-electron chi connectivity index (χ3n) is 4.38. The molecule has 0 fully saturated rings. The molecule has 0 aliphatic carbocycles. The van der Waals surface area contributed by atoms with Crippen LogP contribution >= 0.6 is 0 Å². The van der Waals surface area contributed by atoms with E-state index in [-0.39, 0.29) is 5.91 Å². The zero-order valence-electron chi connectivity index (χ0n) is 14.8. The second-order valence-electron chi connectivity index (χ2n) is 6.13. The highest BCUT2D eigenvalue weighted by Crippen LogP contribution is 2.22. The van der Waals surface area contributed by atoms with Gasteiger partial charge >= 0.3 is 0 Å². The number of hydrogen-bond donors (Lipinski definition) is 1. The van der Waals surface area contributed by atoms with E-state index < -0.39 is 0 Å². The van der Waals surface area contributed by atoms with Crippen LogP contribution in [0.5, 0.6) is 5.75 Å². The molecule has 1 N–H and O–H groups in total. The zero-order valence-corrected chi connectivity index (χ0v) is 14.8. The van der Waals surface area contributed by atoms with E-state index in [9.17, 15) is 4.79 Å². The number of aryl methyl sites for hydroxylation is 2. The minimum absolute atomic E-state index is 0.0230. The predicted molar refractivity (Wildman–Crippen MR) is 96.6 cm³/mol. The Morgan fingerprint density at radius 3 is 2.64 bits per heavy atom. The Labute approximate surface area is 147 Å². The average molecular weight is 338 g/mol. The van der Waals surface area contributed by atoms with Crippen molar-refractivity contribution in [2.45, 2.75) is 33.2 Å². The third-order valence-corrected chi connectivity index (χ3v) is 4.38. The van der Waals surface area contributed by atoms with Crippen LogP contribution in [0.3, 0.4) is 0 Å². The quantitative estimate of drug-likeness (QED) is 0.744. The summed E-state index contributed by atoms with van der Waals surface area (Å²) in [5.41, 5.74) is 2.95. The maximum atomic E-state index is 12.1. The van der Waals surface area contributed by atoms with Crippen molar-refractivity contribution in [2.75, 3.05) is 7.11 Å². The number of hydrogen-bond acceptors (Lipinski definition) is 4. The van der Waals surface area contributed by atoms with Gasteiger partial charge in [0.05, 0.1) is 12.8 Å². The summed E-state index contributed by atoms with van der Waals surface area (Å²) in [6, 6.07) is 12.1. The summed E-state index contributed by atoms with van der Waals surface area (Å²) in [5.74, 6) is 1.65. The molecule has 1 heterocycles. The maximum absolute atomic E-state index is 12.1. The minimum atomic E-state index is 0.0230. The second kappa shape index (κ2) is 7.38. The maximum Gasteiger partial charge on any atom is 0.220 e. The van der Waals surface area contributed by atoms with E-state index in [1.165, 1.54) is 0 Å². The Morgan fingerprint density at radius 1 is 1.16 bits per heavy atom. The van der Waals surface area contributed by atoms with Gasteiger partial charge in [0, 0.05) is 18.5 Å². The average Bonchev–Trinajstić information content (AvgIpc) is 2.95. The number of rotatable bonds is 6. The normalized spacial score (nSPS) is 10.8. The first-order valence-electron chi connectivity index (χ1n) is 8.32. The Hall–Kier alpha value is -2.82. The molecule has 0 spiro atoms. The highest BCUT2D eigenvalue weighted by molar-refractivity contribution is 5.84. The molecule has 0 unspecified atom stereocenters. The lowest BCUT2D eigenvalue weighted by atomic mass is 10.1. The highest BCUT2D eigenvalue weighted by Gasteiger charge is 2.11. The van der Waals surface area contributed by atoms with Crippen LogP contribution in [0.25, 0.3) is 10.8 Å². The fourth-order valence-corrected chi connectivity index (χ4v) is 2.90. The summed E-state index contributed by atoms with van der Waals surface area (Å²) in [6.07, 6.45) is 1.07. The Bertz CT molecular complexity index is 880. The first kappa shape index (κ1) is 17.0. The molecule has 3 aromatic rings. The number of nitrogens with zero attached hydrogens (tertiary/aromatic N) is 1. The van der Waals surface area contributed by atoms with E-state index in [1.54, 1.807) is 7.11 Å². The summed E-state index contributed by atoms with van der Waals surface area (Å²) in [4.78, 5) is 12.1. The molecule has 0 aliphatic rings. The van der Waals surface area contributed by atoms with E-state index in [2.05, 4.69) is 16.5 Å². The lowest BCUT2D eigenvalue weighted by Gasteiger charge is -2.08. The standard InChI is InChI=1S/C20H22N2O3/c1-13-19(14(2)25-22-13)8-9-20(23)21-12-15-4-5-17-11-18(24-3)7-6-16(17)10-15/h4-7,10-11H,8-9,12H2,1-3H3,(H,21,23). The van der Waals surface area contributed by atoms with Gasteiger partial charge in [-0.2, -0.15) is 0 Å². The SMILES string of the molecule is COc1ccc2cc(CNC(=O)CCc3c(C)noc3C)ccc2c1. The van der Waals surface area contributed by atoms with Crippen LogP contribution in [-0.4, -0.2) is 18.2 Å². The molecule has 0 atom stereocenters.